The average molecular weight is 447 g/mol. The van der Waals surface area contributed by atoms with Gasteiger partial charge in [-0.25, -0.2) is 0 Å². The first kappa shape index (κ1) is 19.4. The van der Waals surface area contributed by atoms with Crippen LogP contribution in [0.4, 0.5) is 0 Å². The van der Waals surface area contributed by atoms with Crippen LogP contribution in [0.1, 0.15) is 46.6 Å². The molecule has 0 N–H and O–H groups in total. The van der Waals surface area contributed by atoms with Crippen molar-refractivity contribution in [3.05, 3.63) is 131 Å². The third-order valence-corrected chi connectivity index (χ3v) is 8.82. The van der Waals surface area contributed by atoms with E-state index in [2.05, 4.69) is 110 Å². The standard InChI is InChI=1S/C35H26/c1-21-26-8-4-5-10-28(26)29-11-6-12-30-34-19-23(15-16-31(34)32(21)20-35(29)30)22-13-14-25-17-24-7-2-3-9-27(24)33(25)18-22/h2-16,18-19,21,32H,17,20H2,1H3. The Morgan fingerprint density at radius 2 is 1.17 bits per heavy atom. The Balaban J connectivity index is 1.32. The molecule has 0 amide bonds. The summed E-state index contributed by atoms with van der Waals surface area (Å²) >= 11 is 0. The van der Waals surface area contributed by atoms with E-state index in [4.69, 9.17) is 0 Å². The summed E-state index contributed by atoms with van der Waals surface area (Å²) in [5.74, 6) is 1.01. The Bertz CT molecular complexity index is 1670. The predicted octanol–water partition coefficient (Wildman–Crippen LogP) is 9.02. The van der Waals surface area contributed by atoms with E-state index < -0.39 is 0 Å². The molecule has 3 aliphatic carbocycles. The molecule has 35 heavy (non-hydrogen) atoms. The van der Waals surface area contributed by atoms with Gasteiger partial charge in [0.2, 0.25) is 0 Å². The highest BCUT2D eigenvalue weighted by Crippen LogP contribution is 2.53. The summed E-state index contributed by atoms with van der Waals surface area (Å²) in [6.45, 7) is 2.43. The van der Waals surface area contributed by atoms with Crippen LogP contribution in [0.15, 0.2) is 103 Å². The minimum Gasteiger partial charge on any atom is -0.0619 e. The van der Waals surface area contributed by atoms with Gasteiger partial charge in [-0.05, 0) is 109 Å². The summed E-state index contributed by atoms with van der Waals surface area (Å²) in [5.41, 5.74) is 18.5. The van der Waals surface area contributed by atoms with Gasteiger partial charge in [0.05, 0.1) is 0 Å². The molecule has 166 valence electrons. The second kappa shape index (κ2) is 7.06. The fourth-order valence-electron chi connectivity index (χ4n) is 7.04. The van der Waals surface area contributed by atoms with Gasteiger partial charge in [0, 0.05) is 0 Å². The fourth-order valence-corrected chi connectivity index (χ4v) is 7.04. The number of fused-ring (bicyclic) bond motifs is 9. The Kier molecular flexibility index (Phi) is 3.91. The van der Waals surface area contributed by atoms with E-state index in [-0.39, 0.29) is 0 Å². The number of hydrogen-bond donors (Lipinski definition) is 0. The highest BCUT2D eigenvalue weighted by atomic mass is 14.4. The van der Waals surface area contributed by atoms with Gasteiger partial charge in [0.15, 0.2) is 0 Å². The topological polar surface area (TPSA) is 0 Å². The molecule has 0 radical (unpaired) electrons. The van der Waals surface area contributed by atoms with Crippen molar-refractivity contribution in [2.24, 2.45) is 0 Å². The van der Waals surface area contributed by atoms with E-state index >= 15 is 0 Å². The van der Waals surface area contributed by atoms with Crippen molar-refractivity contribution in [1.29, 1.82) is 0 Å². The Labute approximate surface area is 206 Å². The van der Waals surface area contributed by atoms with Crippen LogP contribution in [-0.2, 0) is 12.8 Å². The minimum atomic E-state index is 0.493. The molecular weight excluding hydrogens is 420 g/mol. The van der Waals surface area contributed by atoms with Crippen molar-refractivity contribution in [3.63, 3.8) is 0 Å². The van der Waals surface area contributed by atoms with Crippen LogP contribution < -0.4 is 0 Å². The molecule has 0 fully saturated rings. The van der Waals surface area contributed by atoms with Crippen LogP contribution in [0, 0.1) is 0 Å². The molecule has 0 nitrogen and oxygen atoms in total. The van der Waals surface area contributed by atoms with Crippen molar-refractivity contribution in [2.75, 3.05) is 0 Å². The van der Waals surface area contributed by atoms with E-state index in [0.717, 1.165) is 12.8 Å². The van der Waals surface area contributed by atoms with Crippen molar-refractivity contribution >= 4 is 0 Å². The molecule has 0 saturated carbocycles. The molecule has 2 bridgehead atoms. The quantitative estimate of drug-likeness (QED) is 0.236. The second-order valence-corrected chi connectivity index (χ2v) is 10.5. The third-order valence-electron chi connectivity index (χ3n) is 8.82. The van der Waals surface area contributed by atoms with E-state index in [0.29, 0.717) is 11.8 Å². The van der Waals surface area contributed by atoms with Gasteiger partial charge in [-0.3, -0.25) is 0 Å². The summed E-state index contributed by atoms with van der Waals surface area (Å²) in [6, 6.07) is 39.2. The van der Waals surface area contributed by atoms with Gasteiger partial charge in [0.1, 0.15) is 0 Å². The molecule has 3 aliphatic rings. The minimum absolute atomic E-state index is 0.493. The Morgan fingerprint density at radius 3 is 2.06 bits per heavy atom. The maximum Gasteiger partial charge on any atom is -0.00134 e. The molecule has 2 atom stereocenters. The van der Waals surface area contributed by atoms with Crippen molar-refractivity contribution in [1.82, 2.24) is 0 Å². The molecule has 2 unspecified atom stereocenters. The normalized spacial score (nSPS) is 18.2. The van der Waals surface area contributed by atoms with Crippen LogP contribution in [0.5, 0.6) is 0 Å². The van der Waals surface area contributed by atoms with Gasteiger partial charge < -0.3 is 0 Å². The summed E-state index contributed by atoms with van der Waals surface area (Å²) in [7, 11) is 0. The average Bonchev–Trinajstić information content (AvgIpc) is 3.24. The molecular formula is C35H26. The summed E-state index contributed by atoms with van der Waals surface area (Å²) in [6.07, 6.45) is 2.18. The van der Waals surface area contributed by atoms with E-state index in [1.807, 2.05) is 0 Å². The monoisotopic (exact) mass is 446 g/mol. The molecule has 0 aromatic heterocycles. The summed E-state index contributed by atoms with van der Waals surface area (Å²) in [5, 5.41) is 0. The van der Waals surface area contributed by atoms with Gasteiger partial charge in [-0.15, -0.1) is 0 Å². The number of benzene rings is 5. The molecule has 0 heteroatoms. The molecule has 5 aromatic carbocycles. The number of rotatable bonds is 1. The predicted molar refractivity (Wildman–Crippen MR) is 146 cm³/mol. The maximum absolute atomic E-state index is 2.47. The van der Waals surface area contributed by atoms with Gasteiger partial charge >= 0.3 is 0 Å². The largest absolute Gasteiger partial charge is 0.0619 e. The van der Waals surface area contributed by atoms with E-state index in [9.17, 15) is 0 Å². The molecule has 0 aliphatic heterocycles. The highest BCUT2D eigenvalue weighted by Gasteiger charge is 2.35. The molecule has 5 aromatic rings. The van der Waals surface area contributed by atoms with Crippen LogP contribution in [0.2, 0.25) is 0 Å². The Hall–Kier alpha value is -3.90. The van der Waals surface area contributed by atoms with E-state index in [1.165, 1.54) is 72.3 Å². The fraction of sp³-hybridized carbons (Fsp3) is 0.143. The lowest BCUT2D eigenvalue weighted by Crippen LogP contribution is -2.15. The smallest absolute Gasteiger partial charge is 0.00134 e. The lowest BCUT2D eigenvalue weighted by molar-refractivity contribution is 0.575. The van der Waals surface area contributed by atoms with Crippen LogP contribution in [0.3, 0.4) is 0 Å². The lowest BCUT2D eigenvalue weighted by atomic mass is 9.72. The molecule has 0 saturated heterocycles. The van der Waals surface area contributed by atoms with Crippen LogP contribution >= 0.6 is 0 Å². The third kappa shape index (κ3) is 2.68. The lowest BCUT2D eigenvalue weighted by Gasteiger charge is -2.31. The first-order valence-electron chi connectivity index (χ1n) is 12.8. The second-order valence-electron chi connectivity index (χ2n) is 10.5. The molecule has 0 heterocycles. The van der Waals surface area contributed by atoms with Crippen molar-refractivity contribution < 1.29 is 0 Å². The SMILES string of the molecule is CC1c2ccccc2-c2cccc3c2CC1c1ccc(-c2ccc4c(c2)-c2ccccc2C4)cc1-3. The maximum atomic E-state index is 2.47. The zero-order chi connectivity index (χ0) is 23.1. The first-order valence-corrected chi connectivity index (χ1v) is 12.8. The van der Waals surface area contributed by atoms with Crippen LogP contribution in [-0.4, -0.2) is 0 Å². The van der Waals surface area contributed by atoms with Crippen molar-refractivity contribution in [2.45, 2.75) is 31.6 Å². The van der Waals surface area contributed by atoms with Crippen molar-refractivity contribution in [3.8, 4) is 44.5 Å². The van der Waals surface area contributed by atoms with Crippen LogP contribution in [0.25, 0.3) is 44.5 Å². The zero-order valence-corrected chi connectivity index (χ0v) is 19.9. The van der Waals surface area contributed by atoms with E-state index in [1.54, 1.807) is 0 Å². The summed E-state index contributed by atoms with van der Waals surface area (Å²) in [4.78, 5) is 0. The highest BCUT2D eigenvalue weighted by molar-refractivity contribution is 5.88. The van der Waals surface area contributed by atoms with Gasteiger partial charge in [0.25, 0.3) is 0 Å². The van der Waals surface area contributed by atoms with Gasteiger partial charge in [-0.1, -0.05) is 97.9 Å². The summed E-state index contributed by atoms with van der Waals surface area (Å²) < 4.78 is 0. The Morgan fingerprint density at radius 1 is 0.514 bits per heavy atom. The first-order chi connectivity index (χ1) is 17.3. The van der Waals surface area contributed by atoms with Gasteiger partial charge in [-0.2, -0.15) is 0 Å². The number of hydrogen-bond acceptors (Lipinski definition) is 0. The zero-order valence-electron chi connectivity index (χ0n) is 19.9. The molecule has 0 spiro atoms. The molecule has 8 rings (SSSR count).